The van der Waals surface area contributed by atoms with Crippen LogP contribution in [-0.2, 0) is 0 Å². The van der Waals surface area contributed by atoms with E-state index in [1.165, 1.54) is 0 Å². The maximum absolute atomic E-state index is 7.33. The van der Waals surface area contributed by atoms with Gasteiger partial charge in [-0.25, -0.2) is 0 Å². The fourth-order valence-electron chi connectivity index (χ4n) is 1.94. The van der Waals surface area contributed by atoms with Crippen molar-refractivity contribution in [1.82, 2.24) is 0 Å². The molecule has 0 amide bonds. The van der Waals surface area contributed by atoms with Gasteiger partial charge in [-0.3, -0.25) is 0 Å². The fourth-order valence-corrected chi connectivity index (χ4v) is 5.82. The van der Waals surface area contributed by atoms with Crippen LogP contribution in [0.1, 0.15) is 41.5 Å². The molecule has 0 saturated heterocycles. The van der Waals surface area contributed by atoms with Crippen molar-refractivity contribution in [1.29, 1.82) is 5.41 Å². The van der Waals surface area contributed by atoms with Gasteiger partial charge in [0.15, 0.2) is 0 Å². The van der Waals surface area contributed by atoms with Crippen LogP contribution in [0.5, 0.6) is 0 Å². The van der Waals surface area contributed by atoms with E-state index < -0.39 is 8.07 Å². The maximum Gasteiger partial charge on any atom is 0.0665 e. The fraction of sp³-hybridized carbons (Fsp3) is 0.909. The largest absolute Gasteiger partial charge is 0.313 e. The van der Waals surface area contributed by atoms with Gasteiger partial charge in [0.05, 0.1) is 8.07 Å². The Morgan fingerprint density at radius 2 is 1.31 bits per heavy atom. The molecule has 0 heterocycles. The minimum atomic E-state index is -1.40. The summed E-state index contributed by atoms with van der Waals surface area (Å²) in [4.78, 5) is 0. The van der Waals surface area contributed by atoms with E-state index in [2.05, 4.69) is 48.1 Å². The third-order valence-corrected chi connectivity index (χ3v) is 11.5. The number of hydrogen-bond acceptors (Lipinski definition) is 1. The van der Waals surface area contributed by atoms with Crippen molar-refractivity contribution in [3.8, 4) is 0 Å². The first-order valence-corrected chi connectivity index (χ1v) is 7.76. The van der Waals surface area contributed by atoms with Gasteiger partial charge in [0.1, 0.15) is 0 Å². The lowest BCUT2D eigenvalue weighted by molar-refractivity contribution is 0.618. The topological polar surface area (TPSA) is 23.9 Å². The lowest BCUT2D eigenvalue weighted by Gasteiger charge is -2.49. The van der Waals surface area contributed by atoms with Gasteiger partial charge in [0.25, 0.3) is 0 Å². The maximum atomic E-state index is 7.33. The molecule has 0 saturated carbocycles. The Morgan fingerprint density at radius 3 is 1.38 bits per heavy atom. The highest BCUT2D eigenvalue weighted by atomic mass is 28.3. The molecule has 0 aromatic carbocycles. The van der Waals surface area contributed by atoms with E-state index in [-0.39, 0.29) is 0 Å². The molecule has 0 unspecified atom stereocenters. The molecule has 13 heavy (non-hydrogen) atoms. The van der Waals surface area contributed by atoms with Crippen LogP contribution in [0.3, 0.4) is 0 Å². The van der Waals surface area contributed by atoms with Crippen molar-refractivity contribution in [2.75, 3.05) is 0 Å². The van der Waals surface area contributed by atoms with Crippen LogP contribution in [0.2, 0.25) is 22.7 Å². The van der Waals surface area contributed by atoms with Crippen molar-refractivity contribution in [3.63, 3.8) is 0 Å². The summed E-state index contributed by atoms with van der Waals surface area (Å²) >= 11 is 0. The Hall–Kier alpha value is -0.113. The standard InChI is InChI=1S/C11H25NSi/c1-10(2,3)13(7,9-8-12)11(4,5)6/h8,12H,9H2,1-7H3. The summed E-state index contributed by atoms with van der Waals surface area (Å²) in [7, 11) is -1.40. The molecule has 1 N–H and O–H groups in total. The Kier molecular flexibility index (Phi) is 3.53. The van der Waals surface area contributed by atoms with Gasteiger partial charge in [-0.05, 0) is 22.3 Å². The normalized spacial score (nSPS) is 14.4. The van der Waals surface area contributed by atoms with E-state index in [1.807, 2.05) is 0 Å². The van der Waals surface area contributed by atoms with Gasteiger partial charge in [-0.15, -0.1) is 0 Å². The highest BCUT2D eigenvalue weighted by molar-refractivity contribution is 6.85. The zero-order chi connectivity index (χ0) is 10.9. The van der Waals surface area contributed by atoms with Crippen LogP contribution in [0.4, 0.5) is 0 Å². The average Bonchev–Trinajstić information content (AvgIpc) is 1.82. The summed E-state index contributed by atoms with van der Waals surface area (Å²) in [5.74, 6) is 0. The smallest absolute Gasteiger partial charge is 0.0665 e. The molecule has 0 aromatic heterocycles. The summed E-state index contributed by atoms with van der Waals surface area (Å²) in [5, 5.41) is 8.08. The minimum Gasteiger partial charge on any atom is -0.313 e. The first-order chi connectivity index (χ1) is 5.56. The van der Waals surface area contributed by atoms with Gasteiger partial charge >= 0.3 is 0 Å². The SMILES string of the molecule is CC(C)(C)[Si](C)(CC=N)C(C)(C)C. The summed E-state index contributed by atoms with van der Waals surface area (Å²) in [6.07, 6.45) is 1.61. The highest BCUT2D eigenvalue weighted by Gasteiger charge is 2.47. The predicted octanol–water partition coefficient (Wildman–Crippen LogP) is 4.31. The quantitative estimate of drug-likeness (QED) is 0.506. The molecule has 1 nitrogen and oxygen atoms in total. The molecule has 2 heteroatoms. The molecule has 0 bridgehead atoms. The second-order valence-electron chi connectivity index (χ2n) is 6.24. The molecule has 0 rings (SSSR count). The minimum absolute atomic E-state index is 0.378. The molecule has 0 fully saturated rings. The Bertz CT molecular complexity index is 169. The molecule has 0 spiro atoms. The molecule has 78 valence electrons. The first-order valence-electron chi connectivity index (χ1n) is 5.05. The average molecular weight is 199 g/mol. The van der Waals surface area contributed by atoms with Crippen molar-refractivity contribution >= 4 is 14.3 Å². The Morgan fingerprint density at radius 1 is 1.00 bits per heavy atom. The van der Waals surface area contributed by atoms with Crippen LogP contribution >= 0.6 is 0 Å². The van der Waals surface area contributed by atoms with Crippen molar-refractivity contribution in [2.45, 2.75) is 64.2 Å². The van der Waals surface area contributed by atoms with Crippen molar-refractivity contribution < 1.29 is 0 Å². The van der Waals surface area contributed by atoms with E-state index >= 15 is 0 Å². The van der Waals surface area contributed by atoms with Crippen LogP contribution in [0.25, 0.3) is 0 Å². The first kappa shape index (κ1) is 12.9. The molecular formula is C11H25NSi. The summed E-state index contributed by atoms with van der Waals surface area (Å²) in [5.41, 5.74) is 0. The van der Waals surface area contributed by atoms with Crippen LogP contribution < -0.4 is 0 Å². The Balaban J connectivity index is 5.07. The summed E-state index contributed by atoms with van der Waals surface area (Å²) in [6.45, 7) is 16.4. The van der Waals surface area contributed by atoms with Gasteiger partial charge in [-0.1, -0.05) is 48.1 Å². The van der Waals surface area contributed by atoms with E-state index in [0.29, 0.717) is 10.1 Å². The van der Waals surface area contributed by atoms with E-state index in [1.54, 1.807) is 6.21 Å². The van der Waals surface area contributed by atoms with Gasteiger partial charge in [0.2, 0.25) is 0 Å². The zero-order valence-corrected chi connectivity index (χ0v) is 11.3. The highest BCUT2D eigenvalue weighted by Crippen LogP contribution is 2.52. The number of rotatable bonds is 2. The van der Waals surface area contributed by atoms with Gasteiger partial charge in [0, 0.05) is 0 Å². The number of nitrogens with one attached hydrogen (secondary N) is 1. The zero-order valence-electron chi connectivity index (χ0n) is 10.3. The second kappa shape index (κ2) is 3.56. The third kappa shape index (κ3) is 2.43. The van der Waals surface area contributed by atoms with E-state index in [0.717, 1.165) is 6.04 Å². The van der Waals surface area contributed by atoms with E-state index in [4.69, 9.17) is 5.41 Å². The van der Waals surface area contributed by atoms with Crippen LogP contribution in [0.15, 0.2) is 0 Å². The van der Waals surface area contributed by atoms with Gasteiger partial charge in [-0.2, -0.15) is 0 Å². The summed E-state index contributed by atoms with van der Waals surface area (Å²) < 4.78 is 0. The van der Waals surface area contributed by atoms with E-state index in [9.17, 15) is 0 Å². The van der Waals surface area contributed by atoms with Crippen molar-refractivity contribution in [3.05, 3.63) is 0 Å². The van der Waals surface area contributed by atoms with Crippen LogP contribution in [-0.4, -0.2) is 14.3 Å². The molecule has 0 radical (unpaired) electrons. The molecule has 0 aliphatic heterocycles. The molecule has 0 atom stereocenters. The lowest BCUT2D eigenvalue weighted by Crippen LogP contribution is -2.48. The summed E-state index contributed by atoms with van der Waals surface area (Å²) in [6, 6.07) is 1.00. The molecule has 0 aliphatic rings. The Labute approximate surface area is 84.5 Å². The lowest BCUT2D eigenvalue weighted by atomic mass is 10.2. The monoisotopic (exact) mass is 199 g/mol. The third-order valence-electron chi connectivity index (χ3n) is 3.82. The molecule has 0 aromatic rings. The second-order valence-corrected chi connectivity index (χ2v) is 12.3. The molecule has 0 aliphatic carbocycles. The van der Waals surface area contributed by atoms with Crippen LogP contribution in [0, 0.1) is 5.41 Å². The number of hydrogen-bond donors (Lipinski definition) is 1. The van der Waals surface area contributed by atoms with Gasteiger partial charge < -0.3 is 5.41 Å². The predicted molar refractivity (Wildman–Crippen MR) is 64.6 cm³/mol. The molecular weight excluding hydrogens is 174 g/mol. The van der Waals surface area contributed by atoms with Crippen molar-refractivity contribution in [2.24, 2.45) is 0 Å².